The van der Waals surface area contributed by atoms with Gasteiger partial charge in [0.2, 0.25) is 5.91 Å². The molecule has 0 radical (unpaired) electrons. The van der Waals surface area contributed by atoms with Crippen molar-refractivity contribution in [2.24, 2.45) is 0 Å². The quantitative estimate of drug-likeness (QED) is 0.0654. The highest BCUT2D eigenvalue weighted by molar-refractivity contribution is 8.00. The summed E-state index contributed by atoms with van der Waals surface area (Å²) in [6, 6.07) is 75.4. The second-order valence-electron chi connectivity index (χ2n) is 17.3. The number of nitrogens with one attached hydrogen (secondary N) is 2. The molecule has 0 spiro atoms. The first-order valence-electron chi connectivity index (χ1n) is 23.6. The first-order chi connectivity index (χ1) is 34.4. The monoisotopic (exact) mass is 958 g/mol. The van der Waals surface area contributed by atoms with Crippen LogP contribution >= 0.6 is 23.5 Å². The van der Waals surface area contributed by atoms with Crippen LogP contribution in [0.4, 0.5) is 4.79 Å². The molecule has 0 fully saturated rings. The van der Waals surface area contributed by atoms with Gasteiger partial charge in [0.15, 0.2) is 0 Å². The molecule has 0 saturated carbocycles. The fraction of sp³-hybridized carbons (Fsp3) is 0.164. The standard InChI is InChI=1S/C61H54N2O5S2/c64-57(62-56(58(65)66)40-42-70-61(47-29-13-4-14-30-47,48-31-15-5-16-32-48)49-33-17-6-18-34-49)55(63-59(67)68-43-54-52-37-21-19-35-50(52)51-36-20-22-38-53(51)54)39-41-69-60(44-23-7-1-8-24-44,45-25-9-2-10-26-45)46-27-11-3-12-28-46/h1-38,54-56H,39-43H2,(H,62,64)(H,63,67)(H,65,66)/t55-,56-/m0/s1. The average Bonchev–Trinajstić information content (AvgIpc) is 3.74. The number of amides is 2. The topological polar surface area (TPSA) is 105 Å². The summed E-state index contributed by atoms with van der Waals surface area (Å²) in [5.41, 5.74) is 10.7. The van der Waals surface area contributed by atoms with Gasteiger partial charge in [0, 0.05) is 5.92 Å². The Bertz CT molecular complexity index is 2740. The van der Waals surface area contributed by atoms with Crippen LogP contribution in [-0.4, -0.2) is 53.3 Å². The summed E-state index contributed by atoms with van der Waals surface area (Å²) in [5, 5.41) is 16.5. The minimum Gasteiger partial charge on any atom is -0.480 e. The van der Waals surface area contributed by atoms with Crippen molar-refractivity contribution in [3.05, 3.63) is 275 Å². The van der Waals surface area contributed by atoms with E-state index >= 15 is 0 Å². The van der Waals surface area contributed by atoms with E-state index < -0.39 is 39.5 Å². The minimum atomic E-state index is -1.25. The number of hydrogen-bond donors (Lipinski definition) is 3. The van der Waals surface area contributed by atoms with E-state index in [4.69, 9.17) is 4.74 Å². The molecule has 70 heavy (non-hydrogen) atoms. The van der Waals surface area contributed by atoms with Crippen LogP contribution in [0.1, 0.15) is 63.3 Å². The molecule has 0 unspecified atom stereocenters. The van der Waals surface area contributed by atoms with Crippen LogP contribution in [0.15, 0.2) is 231 Å². The number of carbonyl (C=O) groups is 3. The predicted octanol–water partition coefficient (Wildman–Crippen LogP) is 12.7. The van der Waals surface area contributed by atoms with Gasteiger partial charge < -0.3 is 20.5 Å². The lowest BCUT2D eigenvalue weighted by Gasteiger charge is -2.36. The van der Waals surface area contributed by atoms with Crippen molar-refractivity contribution in [2.45, 2.75) is 40.3 Å². The van der Waals surface area contributed by atoms with E-state index in [1.165, 1.54) is 0 Å². The Morgan fingerprint density at radius 3 is 1.10 bits per heavy atom. The number of carboxylic acid groups (broad SMARTS) is 1. The lowest BCUT2D eigenvalue weighted by Crippen LogP contribution is -2.52. The largest absolute Gasteiger partial charge is 0.480 e. The maximum atomic E-state index is 14.7. The fourth-order valence-electron chi connectivity index (χ4n) is 9.78. The second kappa shape index (κ2) is 22.4. The lowest BCUT2D eigenvalue weighted by molar-refractivity contribution is -0.142. The smallest absolute Gasteiger partial charge is 0.407 e. The van der Waals surface area contributed by atoms with Crippen molar-refractivity contribution >= 4 is 41.5 Å². The number of alkyl carbamates (subject to hydrolysis) is 1. The predicted molar refractivity (Wildman–Crippen MR) is 284 cm³/mol. The van der Waals surface area contributed by atoms with E-state index in [1.807, 2.05) is 133 Å². The fourth-order valence-corrected chi connectivity index (χ4v) is 12.9. The van der Waals surface area contributed by atoms with Crippen molar-refractivity contribution in [2.75, 3.05) is 18.1 Å². The van der Waals surface area contributed by atoms with E-state index in [2.05, 4.69) is 108 Å². The van der Waals surface area contributed by atoms with Crippen LogP contribution in [-0.2, 0) is 23.8 Å². The molecule has 7 nitrogen and oxygen atoms in total. The van der Waals surface area contributed by atoms with Gasteiger partial charge in [-0.2, -0.15) is 0 Å². The summed E-state index contributed by atoms with van der Waals surface area (Å²) in [6.45, 7) is 0.0586. The molecule has 8 aromatic rings. The van der Waals surface area contributed by atoms with Gasteiger partial charge in [0.05, 0.1) is 9.49 Å². The number of aliphatic carboxylic acids is 1. The molecule has 0 aliphatic heterocycles. The molecule has 1 aliphatic rings. The lowest BCUT2D eigenvalue weighted by atomic mass is 9.84. The molecule has 0 aromatic heterocycles. The number of carbonyl (C=O) groups excluding carboxylic acids is 2. The van der Waals surface area contributed by atoms with Crippen molar-refractivity contribution in [1.29, 1.82) is 0 Å². The van der Waals surface area contributed by atoms with Gasteiger partial charge >= 0.3 is 12.1 Å². The Labute approximate surface area is 418 Å². The summed E-state index contributed by atoms with van der Waals surface area (Å²) in [5.74, 6) is -1.17. The van der Waals surface area contributed by atoms with Crippen LogP contribution in [0.25, 0.3) is 11.1 Å². The average molecular weight is 959 g/mol. The van der Waals surface area contributed by atoms with E-state index in [1.54, 1.807) is 23.5 Å². The molecule has 0 heterocycles. The van der Waals surface area contributed by atoms with E-state index in [0.717, 1.165) is 55.6 Å². The summed E-state index contributed by atoms with van der Waals surface area (Å²) in [6.07, 6.45) is -0.464. The zero-order valence-corrected chi connectivity index (χ0v) is 40.2. The highest BCUT2D eigenvalue weighted by atomic mass is 32.2. The number of hydrogen-bond acceptors (Lipinski definition) is 6. The van der Waals surface area contributed by atoms with Crippen molar-refractivity contribution in [3.63, 3.8) is 0 Å². The van der Waals surface area contributed by atoms with Gasteiger partial charge in [0.1, 0.15) is 18.7 Å². The molecule has 2 amide bonds. The second-order valence-corrected chi connectivity index (χ2v) is 19.9. The van der Waals surface area contributed by atoms with Crippen molar-refractivity contribution in [1.82, 2.24) is 10.6 Å². The first-order valence-corrected chi connectivity index (χ1v) is 25.6. The van der Waals surface area contributed by atoms with Crippen LogP contribution < -0.4 is 10.6 Å². The summed E-state index contributed by atoms with van der Waals surface area (Å²) in [4.78, 5) is 41.9. The molecule has 2 atom stereocenters. The maximum absolute atomic E-state index is 14.7. The van der Waals surface area contributed by atoms with E-state index in [9.17, 15) is 19.5 Å². The summed E-state index contributed by atoms with van der Waals surface area (Å²) in [7, 11) is 0. The van der Waals surface area contributed by atoms with Crippen LogP contribution in [0.5, 0.6) is 0 Å². The molecule has 350 valence electrons. The summed E-state index contributed by atoms with van der Waals surface area (Å²) >= 11 is 3.29. The molecular formula is C61H54N2O5S2. The number of ether oxygens (including phenoxy) is 1. The highest BCUT2D eigenvalue weighted by Crippen LogP contribution is 2.50. The SMILES string of the molecule is O=C(N[C@@H](CCSC(c1ccccc1)(c1ccccc1)c1ccccc1)C(=O)N[C@@H](CCSC(c1ccccc1)(c1ccccc1)c1ccccc1)C(=O)O)OCC1c2ccccc2-c2ccccc21. The van der Waals surface area contributed by atoms with Crippen molar-refractivity contribution in [3.8, 4) is 11.1 Å². The number of fused-ring (bicyclic) bond motifs is 3. The molecule has 9 rings (SSSR count). The molecule has 3 N–H and O–H groups in total. The minimum absolute atomic E-state index is 0.0586. The molecular weight excluding hydrogens is 905 g/mol. The van der Waals surface area contributed by atoms with Gasteiger partial charge in [-0.15, -0.1) is 23.5 Å². The molecule has 0 bridgehead atoms. The Kier molecular flexibility index (Phi) is 15.3. The first kappa shape index (κ1) is 47.7. The Balaban J connectivity index is 0.983. The van der Waals surface area contributed by atoms with Crippen LogP contribution in [0.2, 0.25) is 0 Å². The third-order valence-electron chi connectivity index (χ3n) is 13.1. The van der Waals surface area contributed by atoms with Crippen LogP contribution in [0, 0.1) is 0 Å². The van der Waals surface area contributed by atoms with E-state index in [0.29, 0.717) is 11.5 Å². The van der Waals surface area contributed by atoms with Crippen LogP contribution in [0.3, 0.4) is 0 Å². The number of benzene rings is 8. The Hall–Kier alpha value is -7.33. The molecule has 8 aromatic carbocycles. The summed E-state index contributed by atoms with van der Waals surface area (Å²) < 4.78 is 4.64. The van der Waals surface area contributed by atoms with Gasteiger partial charge in [-0.25, -0.2) is 9.59 Å². The maximum Gasteiger partial charge on any atom is 0.407 e. The van der Waals surface area contributed by atoms with Crippen molar-refractivity contribution < 1.29 is 24.2 Å². The zero-order chi connectivity index (χ0) is 48.2. The Morgan fingerprint density at radius 1 is 0.443 bits per heavy atom. The normalized spacial score (nSPS) is 13.0. The van der Waals surface area contributed by atoms with Gasteiger partial charge in [-0.05, 0) is 80.0 Å². The zero-order valence-electron chi connectivity index (χ0n) is 38.6. The number of carboxylic acids is 1. The van der Waals surface area contributed by atoms with Gasteiger partial charge in [-0.3, -0.25) is 4.79 Å². The van der Waals surface area contributed by atoms with Gasteiger partial charge in [0.25, 0.3) is 0 Å². The third kappa shape index (κ3) is 10.2. The van der Waals surface area contributed by atoms with Gasteiger partial charge in [-0.1, -0.05) is 231 Å². The highest BCUT2D eigenvalue weighted by Gasteiger charge is 2.40. The van der Waals surface area contributed by atoms with E-state index in [-0.39, 0.29) is 25.4 Å². The molecule has 9 heteroatoms. The third-order valence-corrected chi connectivity index (χ3v) is 16.3. The molecule has 0 saturated heterocycles. The Morgan fingerprint density at radius 2 is 0.757 bits per heavy atom. The number of thioether (sulfide) groups is 2. The molecule has 1 aliphatic carbocycles. The number of rotatable bonds is 20.